The van der Waals surface area contributed by atoms with Crippen LogP contribution in [0.5, 0.6) is 5.75 Å². The number of thiazole rings is 1. The van der Waals surface area contributed by atoms with Crippen LogP contribution in [0.25, 0.3) is 6.08 Å². The minimum atomic E-state index is -2.21. The van der Waals surface area contributed by atoms with Crippen LogP contribution < -0.4 is 4.74 Å². The molecule has 0 aliphatic carbocycles. The Bertz CT molecular complexity index is 1440. The molecule has 0 radical (unpaired) electrons. The summed E-state index contributed by atoms with van der Waals surface area (Å²) < 4.78 is 25.1. The Kier molecular flexibility index (Phi) is 14.6. The first-order chi connectivity index (χ1) is 22.9. The maximum absolute atomic E-state index is 14.7. The van der Waals surface area contributed by atoms with E-state index in [1.54, 1.807) is 18.4 Å². The van der Waals surface area contributed by atoms with Crippen LogP contribution >= 0.6 is 11.3 Å². The molecule has 1 aliphatic rings. The van der Waals surface area contributed by atoms with Crippen LogP contribution in [0.4, 0.5) is 0 Å². The number of benzene rings is 1. The van der Waals surface area contributed by atoms with Crippen molar-refractivity contribution >= 4 is 37.5 Å². The predicted molar refractivity (Wildman–Crippen MR) is 203 cm³/mol. The van der Waals surface area contributed by atoms with Gasteiger partial charge in [-0.15, -0.1) is 11.3 Å². The summed E-state index contributed by atoms with van der Waals surface area (Å²) in [7, 11) is -0.576. The molecule has 1 aromatic carbocycles. The minimum absolute atomic E-state index is 0.00179. The van der Waals surface area contributed by atoms with Crippen molar-refractivity contribution in [2.24, 2.45) is 17.3 Å². The molecule has 1 aromatic heterocycles. The van der Waals surface area contributed by atoms with Gasteiger partial charge in [-0.05, 0) is 86.5 Å². The smallest absolute Gasteiger partial charge is 0.309 e. The van der Waals surface area contributed by atoms with E-state index in [2.05, 4.69) is 57.9 Å². The lowest BCUT2D eigenvalue weighted by atomic mass is 9.73. The predicted octanol–water partition coefficient (Wildman–Crippen LogP) is 10.1. The molecule has 1 unspecified atom stereocenters. The molecule has 2 heterocycles. The zero-order valence-corrected chi connectivity index (χ0v) is 33.9. The summed E-state index contributed by atoms with van der Waals surface area (Å²) >= 11 is 1.59. The molecule has 5 atom stereocenters. The van der Waals surface area contributed by atoms with Crippen LogP contribution in [-0.4, -0.2) is 50.5 Å². The molecule has 9 heteroatoms. The van der Waals surface area contributed by atoms with Crippen molar-refractivity contribution in [3.63, 3.8) is 0 Å². The molecule has 0 spiro atoms. The fourth-order valence-corrected chi connectivity index (χ4v) is 8.12. The summed E-state index contributed by atoms with van der Waals surface area (Å²) in [6.45, 7) is 23.4. The second-order valence-corrected chi connectivity index (χ2v) is 21.7. The molecule has 1 aliphatic heterocycles. The average molecular weight is 712 g/mol. The lowest BCUT2D eigenvalue weighted by Crippen LogP contribution is -2.52. The topological polar surface area (TPSA) is 84.0 Å². The Morgan fingerprint density at radius 3 is 2.39 bits per heavy atom. The van der Waals surface area contributed by atoms with Gasteiger partial charge in [0.1, 0.15) is 17.6 Å². The number of aryl methyl sites for hydroxylation is 1. The van der Waals surface area contributed by atoms with Crippen molar-refractivity contribution in [2.45, 2.75) is 137 Å². The van der Waals surface area contributed by atoms with E-state index in [-0.39, 0.29) is 35.9 Å². The first-order valence-corrected chi connectivity index (χ1v) is 21.6. The van der Waals surface area contributed by atoms with Crippen LogP contribution in [0.3, 0.4) is 0 Å². The number of rotatable bonds is 8. The normalized spacial score (nSPS) is 25.9. The summed E-state index contributed by atoms with van der Waals surface area (Å²) in [6.07, 6.45) is 8.18. The molecular weight excluding hydrogens is 651 g/mol. The van der Waals surface area contributed by atoms with Gasteiger partial charge in [0.15, 0.2) is 8.32 Å². The molecular formula is C40H61NO6SSi. The van der Waals surface area contributed by atoms with Crippen molar-refractivity contribution in [1.29, 1.82) is 0 Å². The molecule has 2 aromatic rings. The highest BCUT2D eigenvalue weighted by molar-refractivity contribution is 7.09. The first-order valence-electron chi connectivity index (χ1n) is 17.8. The number of methoxy groups -OCH3 is 1. The number of esters is 1. The quantitative estimate of drug-likeness (QED) is 0.153. The number of Topliss-reactive ketones (excluding diaryl/α,β-unsaturated/α-hetero) is 1. The van der Waals surface area contributed by atoms with E-state index in [9.17, 15) is 9.59 Å². The summed E-state index contributed by atoms with van der Waals surface area (Å²) in [4.78, 5) is 33.1. The van der Waals surface area contributed by atoms with Gasteiger partial charge in [-0.1, -0.05) is 72.8 Å². The fraction of sp³-hybridized carbons (Fsp3) is 0.625. The highest BCUT2D eigenvalue weighted by atomic mass is 32.1. The lowest BCUT2D eigenvalue weighted by Gasteiger charge is -2.44. The third-order valence-electron chi connectivity index (χ3n) is 10.4. The van der Waals surface area contributed by atoms with Crippen molar-refractivity contribution < 1.29 is 28.2 Å². The first kappa shape index (κ1) is 40.8. The van der Waals surface area contributed by atoms with Gasteiger partial charge in [-0.2, -0.15) is 0 Å². The van der Waals surface area contributed by atoms with Crippen LogP contribution in [0, 0.1) is 24.2 Å². The van der Waals surface area contributed by atoms with E-state index in [0.717, 1.165) is 46.9 Å². The van der Waals surface area contributed by atoms with Gasteiger partial charge in [0, 0.05) is 17.7 Å². The minimum Gasteiger partial charge on any atom is -0.497 e. The second-order valence-electron chi connectivity index (χ2n) is 15.8. The Balaban J connectivity index is 2.01. The largest absolute Gasteiger partial charge is 0.497 e. The standard InChI is InChI=1S/C40H61NO6SSi/c1-27-17-15-13-14-16-18-34(28(2)23-32-26-48-30(4)41-32)46-36(42)24-35(45-25-31-19-21-33(44-10)22-20-31)40(8,9)38(43)29(3)37(27)47-49(11,12)39(5,6)7/h14,16,19-23,26-27,29,34-35,37H,13,15,17-18,24-25H2,1-12H3/b16-14-,28-23+/t27-,29+,34?,35-,37-/m0/s1. The van der Waals surface area contributed by atoms with Crippen molar-refractivity contribution in [3.05, 3.63) is 63.6 Å². The van der Waals surface area contributed by atoms with Crippen LogP contribution in [0.1, 0.15) is 104 Å². The van der Waals surface area contributed by atoms with Gasteiger partial charge in [0.25, 0.3) is 0 Å². The molecule has 0 fully saturated rings. The molecule has 272 valence electrons. The number of carbonyl (C=O) groups excluding carboxylic acids is 2. The van der Waals surface area contributed by atoms with Crippen LogP contribution in [-0.2, 0) is 30.1 Å². The Hall–Kier alpha value is -2.59. The van der Waals surface area contributed by atoms with E-state index in [1.165, 1.54) is 0 Å². The number of ether oxygens (including phenoxy) is 3. The molecule has 3 rings (SSSR count). The second kappa shape index (κ2) is 17.6. The number of aromatic nitrogens is 1. The summed E-state index contributed by atoms with van der Waals surface area (Å²) in [6, 6.07) is 7.63. The van der Waals surface area contributed by atoms with Crippen molar-refractivity contribution in [2.75, 3.05) is 7.11 Å². The molecule has 0 amide bonds. The summed E-state index contributed by atoms with van der Waals surface area (Å²) in [5, 5.41) is 2.99. The van der Waals surface area contributed by atoms with E-state index < -0.39 is 37.8 Å². The third-order valence-corrected chi connectivity index (χ3v) is 15.7. The Morgan fingerprint density at radius 1 is 1.12 bits per heavy atom. The molecule has 0 N–H and O–H groups in total. The number of cyclic esters (lactones) is 1. The van der Waals surface area contributed by atoms with Crippen molar-refractivity contribution in [3.8, 4) is 5.75 Å². The lowest BCUT2D eigenvalue weighted by molar-refractivity contribution is -0.158. The maximum atomic E-state index is 14.7. The third kappa shape index (κ3) is 11.5. The average Bonchev–Trinajstić information content (AvgIpc) is 3.45. The Labute approximate surface area is 301 Å². The summed E-state index contributed by atoms with van der Waals surface area (Å²) in [5.41, 5.74) is 1.70. The maximum Gasteiger partial charge on any atom is 0.309 e. The van der Waals surface area contributed by atoms with E-state index in [1.807, 2.05) is 70.3 Å². The highest BCUT2D eigenvalue weighted by Crippen LogP contribution is 2.42. The van der Waals surface area contributed by atoms with Gasteiger partial charge in [-0.3, -0.25) is 9.59 Å². The summed E-state index contributed by atoms with van der Waals surface area (Å²) in [5.74, 6) is 0.163. The van der Waals surface area contributed by atoms with Gasteiger partial charge in [-0.25, -0.2) is 4.98 Å². The SMILES string of the molecule is COc1ccc(CO[C@H]2CC(=O)OC(/C(C)=C/c3csc(C)n3)C/C=C\CCC[C@H](C)[C@H](O[Si](C)(C)C(C)(C)C)[C@@H](C)C(=O)C2(C)C)cc1. The van der Waals surface area contributed by atoms with E-state index in [0.29, 0.717) is 6.42 Å². The van der Waals surface area contributed by atoms with Crippen LogP contribution in [0.15, 0.2) is 47.4 Å². The number of ketones is 1. The molecule has 0 saturated heterocycles. The number of hydrogen-bond donors (Lipinski definition) is 0. The molecule has 0 saturated carbocycles. The number of nitrogens with zero attached hydrogens (tertiary/aromatic N) is 1. The van der Waals surface area contributed by atoms with E-state index in [4.69, 9.17) is 18.6 Å². The zero-order chi connectivity index (χ0) is 36.6. The Morgan fingerprint density at radius 2 is 1.80 bits per heavy atom. The van der Waals surface area contributed by atoms with Gasteiger partial charge < -0.3 is 18.6 Å². The number of hydrogen-bond acceptors (Lipinski definition) is 8. The zero-order valence-electron chi connectivity index (χ0n) is 32.1. The molecule has 49 heavy (non-hydrogen) atoms. The number of carbonyl (C=O) groups is 2. The van der Waals surface area contributed by atoms with Crippen LogP contribution in [0.2, 0.25) is 18.1 Å². The van der Waals surface area contributed by atoms with Crippen molar-refractivity contribution in [1.82, 2.24) is 4.98 Å². The van der Waals surface area contributed by atoms with Gasteiger partial charge in [0.2, 0.25) is 0 Å². The van der Waals surface area contributed by atoms with Gasteiger partial charge in [0.05, 0.1) is 48.5 Å². The monoisotopic (exact) mass is 711 g/mol. The molecule has 0 bridgehead atoms. The fourth-order valence-electron chi connectivity index (χ4n) is 6.08. The van der Waals surface area contributed by atoms with E-state index >= 15 is 0 Å². The van der Waals surface area contributed by atoms with Gasteiger partial charge >= 0.3 is 5.97 Å². The molecule has 7 nitrogen and oxygen atoms in total. The highest BCUT2D eigenvalue weighted by Gasteiger charge is 2.47. The number of allylic oxidation sites excluding steroid dienone is 1.